The normalized spacial score (nSPS) is 9.93. The van der Waals surface area contributed by atoms with E-state index >= 15 is 0 Å². The van der Waals surface area contributed by atoms with Gasteiger partial charge in [0.25, 0.3) is 0 Å². The summed E-state index contributed by atoms with van der Waals surface area (Å²) >= 11 is 0. The lowest BCUT2D eigenvalue weighted by Crippen LogP contribution is -2.18. The molecule has 2 aromatic rings. The molecule has 2 aromatic heterocycles. The molecule has 0 bridgehead atoms. The first-order valence-electron chi connectivity index (χ1n) is 4.05. The third-order valence-corrected chi connectivity index (χ3v) is 1.61. The maximum Gasteiger partial charge on any atom is 0.336 e. The van der Waals surface area contributed by atoms with Crippen LogP contribution >= 0.6 is 0 Å². The summed E-state index contributed by atoms with van der Waals surface area (Å²) in [6.45, 7) is 0. The Morgan fingerprint density at radius 1 is 1.67 bits per heavy atom. The summed E-state index contributed by atoms with van der Waals surface area (Å²) in [7, 11) is 1.44. The monoisotopic (exact) mass is 208 g/mol. The minimum atomic E-state index is -0.383. The van der Waals surface area contributed by atoms with Gasteiger partial charge in [0.05, 0.1) is 7.11 Å². The molecule has 0 saturated carbocycles. The minimum absolute atomic E-state index is 0.163. The molecular weight excluding hydrogens is 200 g/mol. The van der Waals surface area contributed by atoms with Crippen LogP contribution in [0.2, 0.25) is 0 Å². The predicted octanol–water partition coefficient (Wildman–Crippen LogP) is 0.0900. The molecule has 0 aliphatic carbocycles. The molecule has 0 spiro atoms. The van der Waals surface area contributed by atoms with Crippen molar-refractivity contribution < 1.29 is 9.53 Å². The molecule has 78 valence electrons. The number of imidazole rings is 1. The molecule has 0 aliphatic heterocycles. The van der Waals surface area contributed by atoms with Crippen molar-refractivity contribution in [2.75, 3.05) is 12.4 Å². The molecule has 2 rings (SSSR count). The van der Waals surface area contributed by atoms with Gasteiger partial charge in [0.2, 0.25) is 5.95 Å². The maximum atomic E-state index is 11.5. The van der Waals surface area contributed by atoms with Crippen LogP contribution in [-0.2, 0) is 0 Å². The van der Waals surface area contributed by atoms with E-state index in [-0.39, 0.29) is 18.0 Å². The summed E-state index contributed by atoms with van der Waals surface area (Å²) in [6, 6.07) is -0.220. The summed E-state index contributed by atoms with van der Waals surface area (Å²) in [5.41, 5.74) is 0. The SMILES string of the molecule is COc1n[nH]c(NC(=O)n2ccnc2)n1. The van der Waals surface area contributed by atoms with E-state index in [1.165, 1.54) is 30.4 Å². The van der Waals surface area contributed by atoms with Crippen molar-refractivity contribution in [3.05, 3.63) is 18.7 Å². The summed E-state index contributed by atoms with van der Waals surface area (Å²) in [4.78, 5) is 19.0. The molecule has 0 atom stereocenters. The molecule has 0 aromatic carbocycles. The smallest absolute Gasteiger partial charge is 0.336 e. The van der Waals surface area contributed by atoms with Crippen molar-refractivity contribution in [3.63, 3.8) is 0 Å². The van der Waals surface area contributed by atoms with E-state index in [2.05, 4.69) is 25.5 Å². The molecule has 15 heavy (non-hydrogen) atoms. The minimum Gasteiger partial charge on any atom is -0.466 e. The quantitative estimate of drug-likeness (QED) is 0.728. The Hall–Kier alpha value is -2.38. The van der Waals surface area contributed by atoms with E-state index in [1.807, 2.05) is 0 Å². The molecule has 2 N–H and O–H groups in total. The number of methoxy groups -OCH3 is 1. The van der Waals surface area contributed by atoms with Gasteiger partial charge in [-0.25, -0.2) is 14.9 Å². The van der Waals surface area contributed by atoms with Crippen molar-refractivity contribution >= 4 is 12.0 Å². The highest BCUT2D eigenvalue weighted by atomic mass is 16.5. The van der Waals surface area contributed by atoms with E-state index < -0.39 is 0 Å². The number of carbonyl (C=O) groups excluding carboxylic acids is 1. The fraction of sp³-hybridized carbons (Fsp3) is 0.143. The van der Waals surface area contributed by atoms with Gasteiger partial charge in [-0.1, -0.05) is 0 Å². The fourth-order valence-corrected chi connectivity index (χ4v) is 0.939. The van der Waals surface area contributed by atoms with Gasteiger partial charge in [-0.3, -0.25) is 9.88 Å². The van der Waals surface area contributed by atoms with Crippen LogP contribution in [0.1, 0.15) is 0 Å². The second-order valence-electron chi connectivity index (χ2n) is 2.57. The number of carbonyl (C=O) groups is 1. The first-order valence-corrected chi connectivity index (χ1v) is 4.05. The Balaban J connectivity index is 2.06. The Morgan fingerprint density at radius 2 is 2.53 bits per heavy atom. The summed E-state index contributed by atoms with van der Waals surface area (Å²) in [5.74, 6) is 0.213. The third kappa shape index (κ3) is 1.93. The number of rotatable bonds is 2. The van der Waals surface area contributed by atoms with Crippen LogP contribution in [0.4, 0.5) is 10.7 Å². The molecule has 0 unspecified atom stereocenters. The van der Waals surface area contributed by atoms with E-state index in [9.17, 15) is 4.79 Å². The Bertz CT molecular complexity index is 448. The summed E-state index contributed by atoms with van der Waals surface area (Å²) in [5, 5.41) is 8.64. The number of ether oxygens (including phenoxy) is 1. The molecule has 0 saturated heterocycles. The fourth-order valence-electron chi connectivity index (χ4n) is 0.939. The number of hydrogen-bond donors (Lipinski definition) is 2. The van der Waals surface area contributed by atoms with E-state index in [4.69, 9.17) is 4.74 Å². The van der Waals surface area contributed by atoms with Gasteiger partial charge in [0.1, 0.15) is 6.33 Å². The first kappa shape index (κ1) is 9.19. The number of H-pyrrole nitrogens is 1. The van der Waals surface area contributed by atoms with Crippen molar-refractivity contribution in [1.29, 1.82) is 0 Å². The Morgan fingerprint density at radius 3 is 3.13 bits per heavy atom. The van der Waals surface area contributed by atoms with Crippen molar-refractivity contribution in [3.8, 4) is 6.01 Å². The number of nitrogens with zero attached hydrogens (tertiary/aromatic N) is 4. The summed E-state index contributed by atoms with van der Waals surface area (Å²) < 4.78 is 6.02. The molecule has 8 nitrogen and oxygen atoms in total. The van der Waals surface area contributed by atoms with Gasteiger partial charge >= 0.3 is 12.0 Å². The average Bonchev–Trinajstić information content (AvgIpc) is 2.87. The van der Waals surface area contributed by atoms with Crippen LogP contribution in [0.15, 0.2) is 18.7 Å². The third-order valence-electron chi connectivity index (χ3n) is 1.61. The predicted molar refractivity (Wildman–Crippen MR) is 49.6 cm³/mol. The molecular formula is C7H8N6O2. The molecule has 0 fully saturated rings. The number of aromatic nitrogens is 5. The van der Waals surface area contributed by atoms with Crippen LogP contribution in [0, 0.1) is 0 Å². The number of anilines is 1. The largest absolute Gasteiger partial charge is 0.466 e. The van der Waals surface area contributed by atoms with E-state index in [0.717, 1.165) is 0 Å². The van der Waals surface area contributed by atoms with Gasteiger partial charge < -0.3 is 4.74 Å². The lowest BCUT2D eigenvalue weighted by atomic mass is 10.8. The van der Waals surface area contributed by atoms with Crippen molar-refractivity contribution in [2.45, 2.75) is 0 Å². The Kier molecular flexibility index (Phi) is 2.31. The zero-order valence-corrected chi connectivity index (χ0v) is 7.84. The molecule has 1 amide bonds. The first-order chi connectivity index (χ1) is 7.29. The zero-order chi connectivity index (χ0) is 10.7. The van der Waals surface area contributed by atoms with Crippen LogP contribution in [0.25, 0.3) is 0 Å². The summed E-state index contributed by atoms with van der Waals surface area (Å²) in [6.07, 6.45) is 4.40. The van der Waals surface area contributed by atoms with Crippen LogP contribution < -0.4 is 10.1 Å². The van der Waals surface area contributed by atoms with Crippen molar-refractivity contribution in [2.24, 2.45) is 0 Å². The number of aromatic amines is 1. The van der Waals surface area contributed by atoms with Gasteiger partial charge in [-0.2, -0.15) is 4.98 Å². The highest BCUT2D eigenvalue weighted by Gasteiger charge is 2.07. The van der Waals surface area contributed by atoms with Crippen LogP contribution in [0.5, 0.6) is 6.01 Å². The lowest BCUT2D eigenvalue weighted by Gasteiger charge is -1.99. The Labute approximate surface area is 84.3 Å². The second kappa shape index (κ2) is 3.78. The van der Waals surface area contributed by atoms with Gasteiger partial charge in [-0.15, -0.1) is 5.10 Å². The van der Waals surface area contributed by atoms with Gasteiger partial charge in [-0.05, 0) is 0 Å². The molecule has 8 heteroatoms. The average molecular weight is 208 g/mol. The maximum absolute atomic E-state index is 11.5. The molecule has 0 aliphatic rings. The number of nitrogens with one attached hydrogen (secondary N) is 2. The molecule has 0 radical (unpaired) electrons. The zero-order valence-electron chi connectivity index (χ0n) is 7.84. The number of amides is 1. The van der Waals surface area contributed by atoms with Gasteiger partial charge in [0, 0.05) is 12.4 Å². The number of hydrogen-bond acceptors (Lipinski definition) is 5. The topological polar surface area (TPSA) is 97.7 Å². The molecule has 2 heterocycles. The second-order valence-corrected chi connectivity index (χ2v) is 2.57. The highest BCUT2D eigenvalue weighted by molar-refractivity contribution is 5.89. The van der Waals surface area contributed by atoms with Gasteiger partial charge in [0.15, 0.2) is 0 Å². The highest BCUT2D eigenvalue weighted by Crippen LogP contribution is 2.04. The lowest BCUT2D eigenvalue weighted by molar-refractivity contribution is 0.253. The van der Waals surface area contributed by atoms with Crippen LogP contribution in [-0.4, -0.2) is 37.9 Å². The van der Waals surface area contributed by atoms with Crippen molar-refractivity contribution in [1.82, 2.24) is 24.7 Å². The standard InChI is InChI=1S/C7H8N6O2/c1-15-6-9-5(11-12-6)10-7(14)13-3-2-8-4-13/h2-4H,1H3,(H2,9,10,11,12,14). The van der Waals surface area contributed by atoms with Crippen LogP contribution in [0.3, 0.4) is 0 Å². The van der Waals surface area contributed by atoms with E-state index in [1.54, 1.807) is 0 Å². The van der Waals surface area contributed by atoms with E-state index in [0.29, 0.717) is 0 Å².